The summed E-state index contributed by atoms with van der Waals surface area (Å²) in [5.74, 6) is -4.13. The lowest BCUT2D eigenvalue weighted by atomic mass is 9.88. The van der Waals surface area contributed by atoms with Crippen LogP contribution in [0.1, 0.15) is 40.5 Å². The van der Waals surface area contributed by atoms with Gasteiger partial charge in [-0.3, -0.25) is 66.1 Å². The van der Waals surface area contributed by atoms with Gasteiger partial charge in [-0.2, -0.15) is 0 Å². The van der Waals surface area contributed by atoms with Crippen molar-refractivity contribution < 1.29 is 39.2 Å². The number of hydrogen-bond donors (Lipinski definition) is 2. The minimum atomic E-state index is -1.41. The zero-order chi connectivity index (χ0) is 44.5. The number of aromatic nitrogens is 1. The van der Waals surface area contributed by atoms with Crippen molar-refractivity contribution in [1.29, 1.82) is 5.41 Å². The molecule has 5 aromatic rings. The number of benzene rings is 4. The number of aryl methyl sites for hydroxylation is 2. The van der Waals surface area contributed by atoms with Gasteiger partial charge in [-0.05, 0) is 37.3 Å². The summed E-state index contributed by atoms with van der Waals surface area (Å²) < 4.78 is 0. The molecule has 0 aliphatic heterocycles. The molecule has 0 fully saturated rings. The maximum Gasteiger partial charge on any atom is 0.328 e. The summed E-state index contributed by atoms with van der Waals surface area (Å²) in [5.41, 5.74) is 0.309. The van der Waals surface area contributed by atoms with E-state index in [9.17, 15) is 66.1 Å². The minimum Gasteiger partial charge on any atom is -0.375 e. The van der Waals surface area contributed by atoms with E-state index in [0.717, 1.165) is 16.0 Å². The van der Waals surface area contributed by atoms with Crippen molar-refractivity contribution in [3.05, 3.63) is 167 Å². The van der Waals surface area contributed by atoms with Gasteiger partial charge in [-0.15, -0.1) is 11.3 Å². The molecule has 0 unspecified atom stereocenters. The number of rotatable bonds is 19. The number of nitrogens with zero attached hydrogens (tertiary/aromatic N) is 9. The monoisotopic (exact) mass is 861 g/mol. The molecule has 0 saturated carbocycles. The Labute approximate surface area is 345 Å². The number of hydrogen-bond acceptors (Lipinski definition) is 18. The average molecular weight is 862 g/mol. The minimum absolute atomic E-state index is 0.107. The van der Waals surface area contributed by atoms with Crippen molar-refractivity contribution in [2.45, 2.75) is 32.1 Å². The quantitative estimate of drug-likeness (QED) is 0.0359. The summed E-state index contributed by atoms with van der Waals surface area (Å²) in [6.07, 6.45) is 0.744. The van der Waals surface area contributed by atoms with Crippen LogP contribution in [0.5, 0.6) is 11.5 Å². The number of nitro groups is 6. The normalized spacial score (nSPS) is 10.8. The SMILES string of the molecule is Cc1nc(N)sc1CCCN(CCC(c1ccccc1)c1ccccc1)C(=N)N(Oc1c([N+](=O)[O-])cc([N+](=O)[O-])cc1[N+](=O)[O-])Oc1c([N+](=O)[O-])cc([N+](=O)[O-])cc1[N+](=O)[O-]. The lowest BCUT2D eigenvalue weighted by molar-refractivity contribution is -0.409. The predicted molar refractivity (Wildman–Crippen MR) is 214 cm³/mol. The second-order valence-electron chi connectivity index (χ2n) is 12.7. The highest BCUT2D eigenvalue weighted by atomic mass is 32.1. The van der Waals surface area contributed by atoms with Gasteiger partial charge in [0.2, 0.25) is 0 Å². The number of nitrogens with one attached hydrogen (secondary N) is 1. The maximum atomic E-state index is 12.3. The Hall–Kier alpha value is -8.42. The first-order valence-corrected chi connectivity index (χ1v) is 18.3. The van der Waals surface area contributed by atoms with Crippen molar-refractivity contribution in [2.75, 3.05) is 18.8 Å². The predicted octanol–water partition coefficient (Wildman–Crippen LogP) is 7.16. The number of guanidine groups is 1. The van der Waals surface area contributed by atoms with Gasteiger partial charge < -0.3 is 20.3 Å². The Balaban J connectivity index is 1.69. The summed E-state index contributed by atoms with van der Waals surface area (Å²) in [4.78, 5) is 82.0. The van der Waals surface area contributed by atoms with Crippen molar-refractivity contribution in [3.8, 4) is 11.5 Å². The first-order chi connectivity index (χ1) is 29.0. The van der Waals surface area contributed by atoms with Crippen LogP contribution in [0.2, 0.25) is 0 Å². The molecule has 0 aliphatic carbocycles. The highest BCUT2D eigenvalue weighted by Gasteiger charge is 2.40. The van der Waals surface area contributed by atoms with E-state index in [1.165, 1.54) is 16.2 Å². The Kier molecular flexibility index (Phi) is 13.5. The van der Waals surface area contributed by atoms with Crippen LogP contribution in [0, 0.1) is 73.0 Å². The summed E-state index contributed by atoms with van der Waals surface area (Å²) in [7, 11) is 0. The number of nitro benzene ring substituents is 6. The highest BCUT2D eigenvalue weighted by Crippen LogP contribution is 2.44. The average Bonchev–Trinajstić information content (AvgIpc) is 3.55. The fourth-order valence-corrected chi connectivity index (χ4v) is 6.99. The topological polar surface area (TPSA) is 347 Å². The molecule has 3 N–H and O–H groups in total. The van der Waals surface area contributed by atoms with Gasteiger partial charge in [-0.1, -0.05) is 60.7 Å². The molecule has 0 atom stereocenters. The van der Waals surface area contributed by atoms with E-state index in [2.05, 4.69) is 4.98 Å². The van der Waals surface area contributed by atoms with Gasteiger partial charge in [0.1, 0.15) is 0 Å². The van der Waals surface area contributed by atoms with E-state index in [0.29, 0.717) is 36.4 Å². The number of thiazole rings is 1. The first kappa shape index (κ1) is 43.7. The zero-order valence-corrected chi connectivity index (χ0v) is 32.2. The molecular weight excluding hydrogens is 831 g/mol. The van der Waals surface area contributed by atoms with E-state index in [1.807, 2.05) is 48.5 Å². The number of nitrogen functional groups attached to an aromatic ring is 1. The van der Waals surface area contributed by atoms with E-state index in [1.54, 1.807) is 19.1 Å². The largest absolute Gasteiger partial charge is 0.375 e. The second-order valence-corrected chi connectivity index (χ2v) is 13.9. The lowest BCUT2D eigenvalue weighted by Gasteiger charge is -2.32. The molecular formula is C35H31N11O14S. The Morgan fingerprint density at radius 2 is 1.10 bits per heavy atom. The van der Waals surface area contributed by atoms with Crippen LogP contribution in [0.25, 0.3) is 0 Å². The van der Waals surface area contributed by atoms with Gasteiger partial charge in [0.25, 0.3) is 17.3 Å². The lowest BCUT2D eigenvalue weighted by Crippen LogP contribution is -2.48. The molecule has 0 aliphatic rings. The third-order valence-corrected chi connectivity index (χ3v) is 9.98. The molecule has 0 radical (unpaired) electrons. The van der Waals surface area contributed by atoms with Crippen LogP contribution in [0.4, 0.5) is 39.3 Å². The fourth-order valence-electron chi connectivity index (χ4n) is 6.11. The molecule has 25 nitrogen and oxygen atoms in total. The van der Waals surface area contributed by atoms with Crippen molar-refractivity contribution in [2.24, 2.45) is 0 Å². The molecule has 26 heteroatoms. The van der Waals surface area contributed by atoms with Gasteiger partial charge >= 0.3 is 34.2 Å². The van der Waals surface area contributed by atoms with Gasteiger partial charge in [-0.25, -0.2) is 4.98 Å². The molecule has 0 amide bonds. The smallest absolute Gasteiger partial charge is 0.328 e. The number of nitrogens with two attached hydrogens (primary N) is 1. The molecule has 316 valence electrons. The summed E-state index contributed by atoms with van der Waals surface area (Å²) in [6, 6.07) is 19.5. The molecule has 4 aromatic carbocycles. The summed E-state index contributed by atoms with van der Waals surface area (Å²) in [6.45, 7) is 1.50. The van der Waals surface area contributed by atoms with E-state index in [-0.39, 0.29) is 42.2 Å². The van der Waals surface area contributed by atoms with E-state index >= 15 is 0 Å². The van der Waals surface area contributed by atoms with Crippen LogP contribution >= 0.6 is 11.3 Å². The standard InChI is InChI=1S/C35H31N11O14S/c1-21-31(61-34(36)38-21)13-8-15-39(16-14-26(22-9-4-2-5-10-22)23-11-6-3-7-12-23)35(37)46(59-32-27(42(51)52)17-24(40(47)48)18-28(32)43(53)54)60-33-29(44(55)56)19-25(41(49)50)20-30(33)45(57)58/h2-7,9-12,17-20,26,37H,8,13-16H2,1H3,(H2,36,38). The highest BCUT2D eigenvalue weighted by molar-refractivity contribution is 7.15. The summed E-state index contributed by atoms with van der Waals surface area (Å²) >= 11 is 1.20. The summed E-state index contributed by atoms with van der Waals surface area (Å²) in [5, 5.41) is 81.8. The molecule has 1 heterocycles. The van der Waals surface area contributed by atoms with Crippen LogP contribution in [0.3, 0.4) is 0 Å². The van der Waals surface area contributed by atoms with Crippen molar-refractivity contribution >= 4 is 56.6 Å². The van der Waals surface area contributed by atoms with Crippen molar-refractivity contribution in [1.82, 2.24) is 15.1 Å². The van der Waals surface area contributed by atoms with Crippen molar-refractivity contribution in [3.63, 3.8) is 0 Å². The fraction of sp³-hybridized carbons (Fsp3) is 0.200. The first-order valence-electron chi connectivity index (χ1n) is 17.5. The third-order valence-electron chi connectivity index (χ3n) is 8.93. The molecule has 0 spiro atoms. The maximum absolute atomic E-state index is 12.3. The molecule has 1 aromatic heterocycles. The second kappa shape index (κ2) is 18.9. The molecule has 0 saturated heterocycles. The van der Waals surface area contributed by atoms with Gasteiger partial charge in [0.05, 0.1) is 59.5 Å². The van der Waals surface area contributed by atoms with Crippen LogP contribution in [0.15, 0.2) is 84.9 Å². The van der Waals surface area contributed by atoms with Crippen LogP contribution in [-0.4, -0.2) is 63.7 Å². The number of hydroxylamine groups is 2. The van der Waals surface area contributed by atoms with Gasteiger partial charge in [0, 0.05) is 29.1 Å². The Morgan fingerprint density at radius 3 is 1.44 bits per heavy atom. The number of non-ortho nitro benzene ring substituents is 2. The van der Waals surface area contributed by atoms with Crippen LogP contribution < -0.4 is 15.4 Å². The third kappa shape index (κ3) is 10.4. The Morgan fingerprint density at radius 1 is 0.689 bits per heavy atom. The van der Waals surface area contributed by atoms with E-state index < -0.39 is 81.1 Å². The van der Waals surface area contributed by atoms with Gasteiger partial charge in [0.15, 0.2) is 5.13 Å². The zero-order valence-electron chi connectivity index (χ0n) is 31.4. The molecule has 0 bridgehead atoms. The van der Waals surface area contributed by atoms with E-state index in [4.69, 9.17) is 15.4 Å². The molecule has 5 rings (SSSR count). The van der Waals surface area contributed by atoms with Crippen LogP contribution in [-0.2, 0) is 6.42 Å². The molecule has 61 heavy (non-hydrogen) atoms. The Bertz CT molecular complexity index is 2320. The number of anilines is 1.